The van der Waals surface area contributed by atoms with E-state index in [2.05, 4.69) is 9.47 Å². The molecule has 0 heterocycles. The van der Waals surface area contributed by atoms with Crippen molar-refractivity contribution < 1.29 is 27.4 Å². The van der Waals surface area contributed by atoms with Crippen LogP contribution in [0, 0.1) is 0 Å². The number of carbonyl (C=O) groups excluding carboxylic acids is 1. The van der Waals surface area contributed by atoms with Crippen LogP contribution in [0.3, 0.4) is 0 Å². The molecule has 7 heteroatoms. The molecule has 3 nitrogen and oxygen atoms in total. The van der Waals surface area contributed by atoms with Gasteiger partial charge in [0.2, 0.25) is 0 Å². The molecule has 0 aliphatic rings. The first kappa shape index (κ1) is 12.6. The molecule has 0 aliphatic carbocycles. The Hall–Kier alpha value is -1.43. The SMILES string of the molecule is COc1cccc(C(=O)Cl)c1OC(F)(F)F. The summed E-state index contributed by atoms with van der Waals surface area (Å²) in [4.78, 5) is 10.9. The number of ether oxygens (including phenoxy) is 2. The van der Waals surface area contributed by atoms with Crippen LogP contribution in [0.15, 0.2) is 18.2 Å². The van der Waals surface area contributed by atoms with E-state index >= 15 is 0 Å². The van der Waals surface area contributed by atoms with Crippen LogP contribution < -0.4 is 9.47 Å². The molecule has 1 aromatic carbocycles. The van der Waals surface area contributed by atoms with E-state index in [0.717, 1.165) is 13.2 Å². The summed E-state index contributed by atoms with van der Waals surface area (Å²) in [6.45, 7) is 0. The van der Waals surface area contributed by atoms with Gasteiger partial charge in [-0.3, -0.25) is 4.79 Å². The largest absolute Gasteiger partial charge is 0.573 e. The summed E-state index contributed by atoms with van der Waals surface area (Å²) < 4.78 is 44.5. The number of methoxy groups -OCH3 is 1. The van der Waals surface area contributed by atoms with E-state index in [0.29, 0.717) is 0 Å². The van der Waals surface area contributed by atoms with E-state index in [4.69, 9.17) is 11.6 Å². The number of alkyl halides is 3. The van der Waals surface area contributed by atoms with Crippen molar-refractivity contribution in [3.05, 3.63) is 23.8 Å². The first-order valence-electron chi connectivity index (χ1n) is 3.97. The molecule has 0 spiro atoms. The van der Waals surface area contributed by atoms with Crippen molar-refractivity contribution in [2.24, 2.45) is 0 Å². The zero-order chi connectivity index (χ0) is 12.3. The molecule has 0 aromatic heterocycles. The Morgan fingerprint density at radius 1 is 1.38 bits per heavy atom. The average molecular weight is 255 g/mol. The van der Waals surface area contributed by atoms with Gasteiger partial charge in [-0.1, -0.05) is 6.07 Å². The predicted octanol–water partition coefficient (Wildman–Crippen LogP) is 2.97. The van der Waals surface area contributed by atoms with Crippen molar-refractivity contribution in [3.63, 3.8) is 0 Å². The standard InChI is InChI=1S/C9H6ClF3O3/c1-15-6-4-2-3-5(8(10)14)7(6)16-9(11,12)13/h2-4H,1H3. The molecule has 0 unspecified atom stereocenters. The summed E-state index contributed by atoms with van der Waals surface area (Å²) in [5, 5.41) is -1.06. The molecule has 0 saturated carbocycles. The van der Waals surface area contributed by atoms with Crippen LogP contribution in [0.5, 0.6) is 11.5 Å². The highest BCUT2D eigenvalue weighted by Gasteiger charge is 2.34. The van der Waals surface area contributed by atoms with Crippen molar-refractivity contribution in [3.8, 4) is 11.5 Å². The molecule has 0 fully saturated rings. The lowest BCUT2D eigenvalue weighted by Crippen LogP contribution is -2.19. The topological polar surface area (TPSA) is 35.5 Å². The fraction of sp³-hybridized carbons (Fsp3) is 0.222. The number of benzene rings is 1. The first-order chi connectivity index (χ1) is 7.35. The lowest BCUT2D eigenvalue weighted by Gasteiger charge is -2.14. The molecule has 0 bridgehead atoms. The Balaban J connectivity index is 3.25. The summed E-state index contributed by atoms with van der Waals surface area (Å²) in [7, 11) is 1.15. The lowest BCUT2D eigenvalue weighted by atomic mass is 10.2. The van der Waals surface area contributed by atoms with E-state index in [-0.39, 0.29) is 5.75 Å². The summed E-state index contributed by atoms with van der Waals surface area (Å²) in [6.07, 6.45) is -4.92. The Labute approximate surface area is 93.7 Å². The van der Waals surface area contributed by atoms with Crippen LogP contribution in [-0.2, 0) is 0 Å². The summed E-state index contributed by atoms with van der Waals surface area (Å²) in [5.74, 6) is -0.957. The van der Waals surface area contributed by atoms with Gasteiger partial charge in [0.1, 0.15) is 0 Å². The molecule has 1 rings (SSSR count). The number of halogens is 4. The Morgan fingerprint density at radius 3 is 2.44 bits per heavy atom. The first-order valence-corrected chi connectivity index (χ1v) is 4.35. The molecule has 0 amide bonds. The molecule has 16 heavy (non-hydrogen) atoms. The molecule has 0 saturated heterocycles. The van der Waals surface area contributed by atoms with Crippen LogP contribution in [0.25, 0.3) is 0 Å². The minimum Gasteiger partial charge on any atom is -0.493 e. The van der Waals surface area contributed by atoms with Crippen LogP contribution in [0.2, 0.25) is 0 Å². The third-order valence-electron chi connectivity index (χ3n) is 1.63. The second-order valence-electron chi connectivity index (χ2n) is 2.66. The summed E-state index contributed by atoms with van der Waals surface area (Å²) in [5.41, 5.74) is -0.404. The van der Waals surface area contributed by atoms with Crippen LogP contribution in [0.4, 0.5) is 13.2 Å². The minimum atomic E-state index is -4.92. The number of hydrogen-bond acceptors (Lipinski definition) is 3. The number of hydrogen-bond donors (Lipinski definition) is 0. The van der Waals surface area contributed by atoms with Gasteiger partial charge in [0.25, 0.3) is 5.24 Å². The number of para-hydroxylation sites is 1. The van der Waals surface area contributed by atoms with Crippen molar-refractivity contribution in [1.82, 2.24) is 0 Å². The average Bonchev–Trinajstić information content (AvgIpc) is 2.15. The number of rotatable bonds is 3. The number of carbonyl (C=O) groups is 1. The van der Waals surface area contributed by atoms with Crippen LogP contribution in [-0.4, -0.2) is 18.7 Å². The van der Waals surface area contributed by atoms with Gasteiger partial charge in [0, 0.05) is 0 Å². The van der Waals surface area contributed by atoms with Gasteiger partial charge in [-0.05, 0) is 23.7 Å². The van der Waals surface area contributed by atoms with Gasteiger partial charge >= 0.3 is 6.36 Å². The fourth-order valence-corrected chi connectivity index (χ4v) is 1.20. The predicted molar refractivity (Wildman–Crippen MR) is 49.9 cm³/mol. The Bertz CT molecular complexity index is 403. The van der Waals surface area contributed by atoms with E-state index < -0.39 is 22.9 Å². The van der Waals surface area contributed by atoms with E-state index in [1.165, 1.54) is 12.1 Å². The summed E-state index contributed by atoms with van der Waals surface area (Å²) in [6, 6.07) is 3.67. The molecule has 1 aromatic rings. The van der Waals surface area contributed by atoms with Gasteiger partial charge in [0.15, 0.2) is 11.5 Å². The van der Waals surface area contributed by atoms with Gasteiger partial charge in [-0.25, -0.2) is 0 Å². The maximum Gasteiger partial charge on any atom is 0.573 e. The van der Waals surface area contributed by atoms with Crippen LogP contribution >= 0.6 is 11.6 Å². The third-order valence-corrected chi connectivity index (χ3v) is 1.83. The molecule has 88 valence electrons. The van der Waals surface area contributed by atoms with Crippen LogP contribution in [0.1, 0.15) is 10.4 Å². The Kier molecular flexibility index (Phi) is 3.64. The minimum absolute atomic E-state index is 0.219. The highest BCUT2D eigenvalue weighted by molar-refractivity contribution is 6.68. The molecule has 0 aliphatic heterocycles. The highest BCUT2D eigenvalue weighted by atomic mass is 35.5. The Morgan fingerprint density at radius 2 is 2.00 bits per heavy atom. The van der Waals surface area contributed by atoms with Crippen molar-refractivity contribution in [1.29, 1.82) is 0 Å². The van der Waals surface area contributed by atoms with E-state index in [9.17, 15) is 18.0 Å². The highest BCUT2D eigenvalue weighted by Crippen LogP contribution is 2.36. The van der Waals surface area contributed by atoms with Gasteiger partial charge < -0.3 is 9.47 Å². The molecular weight excluding hydrogens is 249 g/mol. The zero-order valence-corrected chi connectivity index (χ0v) is 8.72. The normalized spacial score (nSPS) is 11.1. The van der Waals surface area contributed by atoms with Crippen molar-refractivity contribution >= 4 is 16.8 Å². The summed E-state index contributed by atoms with van der Waals surface area (Å²) >= 11 is 5.12. The maximum absolute atomic E-state index is 12.1. The van der Waals surface area contributed by atoms with Gasteiger partial charge in [-0.15, -0.1) is 13.2 Å². The molecule has 0 atom stereocenters. The molecular formula is C9H6ClF3O3. The van der Waals surface area contributed by atoms with Crippen molar-refractivity contribution in [2.45, 2.75) is 6.36 Å². The molecule has 0 N–H and O–H groups in total. The second-order valence-corrected chi connectivity index (χ2v) is 3.00. The van der Waals surface area contributed by atoms with Crippen molar-refractivity contribution in [2.75, 3.05) is 7.11 Å². The fourth-order valence-electron chi connectivity index (χ4n) is 1.05. The smallest absolute Gasteiger partial charge is 0.493 e. The lowest BCUT2D eigenvalue weighted by molar-refractivity contribution is -0.275. The second kappa shape index (κ2) is 4.61. The zero-order valence-electron chi connectivity index (χ0n) is 7.97. The maximum atomic E-state index is 12.1. The van der Waals surface area contributed by atoms with Gasteiger partial charge in [-0.2, -0.15) is 0 Å². The van der Waals surface area contributed by atoms with E-state index in [1.807, 2.05) is 0 Å². The van der Waals surface area contributed by atoms with Gasteiger partial charge in [0.05, 0.1) is 12.7 Å². The quantitative estimate of drug-likeness (QED) is 0.778. The monoisotopic (exact) mass is 254 g/mol. The molecule has 0 radical (unpaired) electrons. The third kappa shape index (κ3) is 3.03. The van der Waals surface area contributed by atoms with E-state index in [1.54, 1.807) is 0 Å².